The second-order valence-electron chi connectivity index (χ2n) is 5.12. The van der Waals surface area contributed by atoms with Gasteiger partial charge in [-0.25, -0.2) is 8.42 Å². The number of hydrogen-bond donors (Lipinski definition) is 1. The van der Waals surface area contributed by atoms with Crippen LogP contribution in [-0.4, -0.2) is 50.5 Å². The maximum absolute atomic E-state index is 11.4. The number of likely N-dealkylation sites (tertiary alicyclic amines) is 1. The van der Waals surface area contributed by atoms with Crippen LogP contribution < -0.4 is 5.73 Å². The van der Waals surface area contributed by atoms with Crippen LogP contribution in [0.4, 0.5) is 0 Å². The van der Waals surface area contributed by atoms with E-state index in [0.717, 1.165) is 32.5 Å². The van der Waals surface area contributed by atoms with E-state index in [1.807, 2.05) is 0 Å². The second-order valence-corrected chi connectivity index (χ2v) is 7.43. The average Bonchev–Trinajstić information content (AvgIpc) is 2.29. The summed E-state index contributed by atoms with van der Waals surface area (Å²) in [6.45, 7) is 2.96. The summed E-state index contributed by atoms with van der Waals surface area (Å²) < 4.78 is 22.7. The number of sulfone groups is 1. The third-order valence-corrected chi connectivity index (χ3v) is 5.64. The quantitative estimate of drug-likeness (QED) is 0.758. The van der Waals surface area contributed by atoms with Crippen molar-refractivity contribution in [1.82, 2.24) is 4.90 Å². The molecular formula is C11H22N2O2S. The lowest BCUT2D eigenvalue weighted by Gasteiger charge is -2.39. The number of nitrogens with two attached hydrogens (primary N) is 1. The predicted molar refractivity (Wildman–Crippen MR) is 65.0 cm³/mol. The lowest BCUT2D eigenvalue weighted by molar-refractivity contribution is 0.118. The van der Waals surface area contributed by atoms with Gasteiger partial charge in [-0.15, -0.1) is 0 Å². The van der Waals surface area contributed by atoms with Crippen LogP contribution in [0.3, 0.4) is 0 Å². The molecule has 2 aliphatic rings. The van der Waals surface area contributed by atoms with E-state index < -0.39 is 9.84 Å². The van der Waals surface area contributed by atoms with Gasteiger partial charge >= 0.3 is 0 Å². The van der Waals surface area contributed by atoms with Crippen molar-refractivity contribution in [3.63, 3.8) is 0 Å². The van der Waals surface area contributed by atoms with Crippen molar-refractivity contribution in [1.29, 1.82) is 0 Å². The largest absolute Gasteiger partial charge is 0.330 e. The number of nitrogens with zero attached hydrogens (tertiary/aromatic N) is 1. The minimum atomic E-state index is -2.72. The Morgan fingerprint density at radius 3 is 2.50 bits per heavy atom. The van der Waals surface area contributed by atoms with Gasteiger partial charge in [0.15, 0.2) is 0 Å². The van der Waals surface area contributed by atoms with Crippen LogP contribution in [0.15, 0.2) is 0 Å². The molecule has 16 heavy (non-hydrogen) atoms. The summed E-state index contributed by atoms with van der Waals surface area (Å²) in [6.07, 6.45) is 4.09. The third kappa shape index (κ3) is 2.96. The highest BCUT2D eigenvalue weighted by Crippen LogP contribution is 2.23. The van der Waals surface area contributed by atoms with Gasteiger partial charge in [-0.1, -0.05) is 0 Å². The Bertz CT molecular complexity index is 315. The van der Waals surface area contributed by atoms with E-state index in [0.29, 0.717) is 23.5 Å². The highest BCUT2D eigenvalue weighted by atomic mass is 32.2. The molecule has 1 unspecified atom stereocenters. The summed E-state index contributed by atoms with van der Waals surface area (Å²) in [5.41, 5.74) is 5.72. The van der Waals surface area contributed by atoms with Gasteiger partial charge in [0.2, 0.25) is 0 Å². The van der Waals surface area contributed by atoms with Crippen molar-refractivity contribution in [3.8, 4) is 0 Å². The zero-order valence-electron chi connectivity index (χ0n) is 9.77. The molecule has 0 radical (unpaired) electrons. The molecule has 2 fully saturated rings. The summed E-state index contributed by atoms with van der Waals surface area (Å²) in [5, 5.41) is 0. The van der Waals surface area contributed by atoms with Crippen LogP contribution in [0.25, 0.3) is 0 Å². The highest BCUT2D eigenvalue weighted by molar-refractivity contribution is 7.91. The molecule has 0 aromatic heterocycles. The molecule has 94 valence electrons. The zero-order valence-corrected chi connectivity index (χ0v) is 10.6. The molecule has 0 amide bonds. The van der Waals surface area contributed by atoms with Crippen molar-refractivity contribution in [2.45, 2.75) is 31.7 Å². The normalized spacial score (nSPS) is 32.7. The van der Waals surface area contributed by atoms with E-state index in [9.17, 15) is 8.42 Å². The van der Waals surface area contributed by atoms with E-state index in [-0.39, 0.29) is 0 Å². The lowest BCUT2D eigenvalue weighted by atomic mass is 9.95. The Labute approximate surface area is 98.1 Å². The van der Waals surface area contributed by atoms with Crippen LogP contribution in [0.5, 0.6) is 0 Å². The first kappa shape index (κ1) is 12.3. The summed E-state index contributed by atoms with van der Waals surface area (Å²) in [7, 11) is -2.72. The summed E-state index contributed by atoms with van der Waals surface area (Å²) >= 11 is 0. The number of piperidine rings is 1. The molecule has 5 heteroatoms. The van der Waals surface area contributed by atoms with E-state index in [1.54, 1.807) is 0 Å². The maximum atomic E-state index is 11.4. The van der Waals surface area contributed by atoms with Gasteiger partial charge in [0.1, 0.15) is 9.84 Å². The Morgan fingerprint density at radius 2 is 1.88 bits per heavy atom. The van der Waals surface area contributed by atoms with Crippen LogP contribution in [0, 0.1) is 5.92 Å². The number of hydrogen-bond acceptors (Lipinski definition) is 4. The average molecular weight is 246 g/mol. The van der Waals surface area contributed by atoms with E-state index in [4.69, 9.17) is 5.73 Å². The van der Waals surface area contributed by atoms with Crippen LogP contribution >= 0.6 is 0 Å². The SMILES string of the molecule is NCC1CCCN(C2CCS(=O)(=O)CC2)C1. The Hall–Kier alpha value is -0.130. The van der Waals surface area contributed by atoms with Gasteiger partial charge in [0.25, 0.3) is 0 Å². The second kappa shape index (κ2) is 5.02. The molecule has 0 saturated carbocycles. The molecule has 2 aliphatic heterocycles. The van der Waals surface area contributed by atoms with Crippen molar-refractivity contribution in [2.75, 3.05) is 31.1 Å². The van der Waals surface area contributed by atoms with Gasteiger partial charge in [-0.3, -0.25) is 4.90 Å². The van der Waals surface area contributed by atoms with Gasteiger partial charge in [-0.2, -0.15) is 0 Å². The van der Waals surface area contributed by atoms with Crippen LogP contribution in [0.1, 0.15) is 25.7 Å². The first-order chi connectivity index (χ1) is 7.61. The Morgan fingerprint density at radius 1 is 1.19 bits per heavy atom. The van der Waals surface area contributed by atoms with Crippen LogP contribution in [0.2, 0.25) is 0 Å². The topological polar surface area (TPSA) is 63.4 Å². The number of rotatable bonds is 2. The van der Waals surface area contributed by atoms with E-state index in [1.165, 1.54) is 12.8 Å². The zero-order chi connectivity index (χ0) is 11.6. The Kier molecular flexibility index (Phi) is 3.87. The molecule has 0 aromatic rings. The molecule has 1 atom stereocenters. The van der Waals surface area contributed by atoms with Crippen LogP contribution in [-0.2, 0) is 9.84 Å². The minimum absolute atomic E-state index is 0.376. The van der Waals surface area contributed by atoms with Crippen molar-refractivity contribution in [3.05, 3.63) is 0 Å². The summed E-state index contributed by atoms with van der Waals surface area (Å²) in [5.74, 6) is 1.37. The van der Waals surface area contributed by atoms with Crippen molar-refractivity contribution in [2.24, 2.45) is 11.7 Å². The summed E-state index contributed by atoms with van der Waals surface area (Å²) in [4.78, 5) is 2.47. The van der Waals surface area contributed by atoms with Gasteiger partial charge < -0.3 is 5.73 Å². The molecule has 0 aromatic carbocycles. The molecular weight excluding hydrogens is 224 g/mol. The highest BCUT2D eigenvalue weighted by Gasteiger charge is 2.30. The Balaban J connectivity index is 1.88. The standard InChI is InChI=1S/C11H22N2O2S/c12-8-10-2-1-5-13(9-10)11-3-6-16(14,15)7-4-11/h10-11H,1-9,12H2. The fraction of sp³-hybridized carbons (Fsp3) is 1.00. The predicted octanol–water partition coefficient (Wildman–Crippen LogP) is 0.234. The molecule has 2 heterocycles. The summed E-state index contributed by atoms with van der Waals surface area (Å²) in [6, 6.07) is 0.484. The van der Waals surface area contributed by atoms with Gasteiger partial charge in [0.05, 0.1) is 11.5 Å². The van der Waals surface area contributed by atoms with Crippen molar-refractivity contribution < 1.29 is 8.42 Å². The monoisotopic (exact) mass is 246 g/mol. The first-order valence-corrected chi connectivity index (χ1v) is 8.07. The fourth-order valence-corrected chi connectivity index (χ4v) is 4.33. The van der Waals surface area contributed by atoms with E-state index >= 15 is 0 Å². The molecule has 2 rings (SSSR count). The molecule has 4 nitrogen and oxygen atoms in total. The first-order valence-electron chi connectivity index (χ1n) is 6.25. The van der Waals surface area contributed by atoms with Gasteiger partial charge in [-0.05, 0) is 44.7 Å². The van der Waals surface area contributed by atoms with Crippen molar-refractivity contribution >= 4 is 9.84 Å². The molecule has 2 N–H and O–H groups in total. The molecule has 2 saturated heterocycles. The molecule has 0 aliphatic carbocycles. The molecule has 0 bridgehead atoms. The smallest absolute Gasteiger partial charge is 0.150 e. The lowest BCUT2D eigenvalue weighted by Crippen LogP contribution is -2.47. The minimum Gasteiger partial charge on any atom is -0.330 e. The van der Waals surface area contributed by atoms with E-state index in [2.05, 4.69) is 4.90 Å². The fourth-order valence-electron chi connectivity index (χ4n) is 2.86. The third-order valence-electron chi connectivity index (χ3n) is 3.92. The molecule has 0 spiro atoms. The maximum Gasteiger partial charge on any atom is 0.150 e. The van der Waals surface area contributed by atoms with Gasteiger partial charge in [0, 0.05) is 12.6 Å².